The number of anilines is 1. The van der Waals surface area contributed by atoms with Crippen LogP contribution in [-0.4, -0.2) is 21.9 Å². The van der Waals surface area contributed by atoms with Gasteiger partial charge < -0.3 is 14.8 Å². The van der Waals surface area contributed by atoms with Crippen molar-refractivity contribution in [3.63, 3.8) is 0 Å². The van der Waals surface area contributed by atoms with Crippen molar-refractivity contribution in [2.75, 3.05) is 12.4 Å². The second kappa shape index (κ2) is 6.74. The fourth-order valence-electron chi connectivity index (χ4n) is 4.28. The summed E-state index contributed by atoms with van der Waals surface area (Å²) in [6.45, 7) is 0. The monoisotopic (exact) mass is 414 g/mol. The molecule has 0 bridgehead atoms. The SMILES string of the molecule is COc1ccccc1C1Oc2ccccc2C2=C1C(c1cccs1)n1ncnc1N2. The number of aromatic nitrogens is 3. The number of hydrogen-bond acceptors (Lipinski definition) is 6. The second-order valence-corrected chi connectivity index (χ2v) is 8.12. The molecule has 2 aromatic carbocycles. The fourth-order valence-corrected chi connectivity index (χ4v) is 5.11. The predicted octanol–water partition coefficient (Wildman–Crippen LogP) is 4.91. The number of thiophene rings is 1. The number of ether oxygens (including phenoxy) is 2. The van der Waals surface area contributed by atoms with Crippen LogP contribution in [0, 0.1) is 0 Å². The average molecular weight is 414 g/mol. The van der Waals surface area contributed by atoms with E-state index in [2.05, 4.69) is 45.0 Å². The molecule has 30 heavy (non-hydrogen) atoms. The number of benzene rings is 2. The third kappa shape index (κ3) is 2.48. The van der Waals surface area contributed by atoms with Crippen molar-refractivity contribution in [3.8, 4) is 11.5 Å². The molecule has 0 amide bonds. The molecule has 148 valence electrons. The van der Waals surface area contributed by atoms with Gasteiger partial charge in [0.05, 0.1) is 12.8 Å². The Morgan fingerprint density at radius 3 is 2.80 bits per heavy atom. The van der Waals surface area contributed by atoms with E-state index in [-0.39, 0.29) is 12.1 Å². The van der Waals surface area contributed by atoms with E-state index in [0.29, 0.717) is 0 Å². The molecule has 4 heterocycles. The van der Waals surface area contributed by atoms with Gasteiger partial charge in [-0.2, -0.15) is 10.1 Å². The number of para-hydroxylation sites is 2. The van der Waals surface area contributed by atoms with Crippen molar-refractivity contribution in [3.05, 3.63) is 93.9 Å². The molecule has 2 aliphatic heterocycles. The van der Waals surface area contributed by atoms with E-state index in [1.807, 2.05) is 41.1 Å². The van der Waals surface area contributed by atoms with Crippen LogP contribution in [0.15, 0.2) is 77.9 Å². The van der Waals surface area contributed by atoms with Crippen LogP contribution in [0.3, 0.4) is 0 Å². The fraction of sp³-hybridized carbons (Fsp3) is 0.130. The first-order valence-electron chi connectivity index (χ1n) is 9.68. The third-order valence-corrected chi connectivity index (χ3v) is 6.48. The predicted molar refractivity (Wildman–Crippen MR) is 116 cm³/mol. The summed E-state index contributed by atoms with van der Waals surface area (Å²) in [5, 5.41) is 10.1. The van der Waals surface area contributed by atoms with Crippen molar-refractivity contribution in [1.82, 2.24) is 14.8 Å². The van der Waals surface area contributed by atoms with Crippen molar-refractivity contribution in [2.45, 2.75) is 12.1 Å². The van der Waals surface area contributed by atoms with Crippen LogP contribution < -0.4 is 14.8 Å². The number of rotatable bonds is 3. The molecule has 4 aromatic rings. The summed E-state index contributed by atoms with van der Waals surface area (Å²) in [6, 6.07) is 20.2. The Morgan fingerprint density at radius 1 is 1.07 bits per heavy atom. The van der Waals surface area contributed by atoms with E-state index < -0.39 is 0 Å². The summed E-state index contributed by atoms with van der Waals surface area (Å²) in [6.07, 6.45) is 1.26. The van der Waals surface area contributed by atoms with E-state index in [1.165, 1.54) is 4.88 Å². The summed E-state index contributed by atoms with van der Waals surface area (Å²) < 4.78 is 14.2. The molecule has 2 aromatic heterocycles. The van der Waals surface area contributed by atoms with Gasteiger partial charge in [0.15, 0.2) is 6.10 Å². The number of methoxy groups -OCH3 is 1. The highest BCUT2D eigenvalue weighted by molar-refractivity contribution is 7.10. The van der Waals surface area contributed by atoms with Crippen LogP contribution >= 0.6 is 11.3 Å². The number of nitrogens with zero attached hydrogens (tertiary/aromatic N) is 3. The summed E-state index contributed by atoms with van der Waals surface area (Å²) in [5.74, 6) is 2.35. The highest BCUT2D eigenvalue weighted by Gasteiger charge is 2.42. The van der Waals surface area contributed by atoms with Gasteiger partial charge in [0.25, 0.3) is 0 Å². The largest absolute Gasteiger partial charge is 0.496 e. The molecular weight excluding hydrogens is 396 g/mol. The number of fused-ring (bicyclic) bond motifs is 3. The van der Waals surface area contributed by atoms with Gasteiger partial charge in [-0.25, -0.2) is 4.68 Å². The van der Waals surface area contributed by atoms with E-state index in [4.69, 9.17) is 9.47 Å². The third-order valence-electron chi connectivity index (χ3n) is 5.56. The Kier molecular flexibility index (Phi) is 3.89. The van der Waals surface area contributed by atoms with Gasteiger partial charge in [0, 0.05) is 21.6 Å². The zero-order valence-corrected chi connectivity index (χ0v) is 17.0. The molecule has 2 aliphatic rings. The molecular formula is C23H18N4O2S. The number of nitrogens with one attached hydrogen (secondary N) is 1. The second-order valence-electron chi connectivity index (χ2n) is 7.14. The molecule has 1 N–H and O–H groups in total. The van der Waals surface area contributed by atoms with Crippen molar-refractivity contribution < 1.29 is 9.47 Å². The van der Waals surface area contributed by atoms with Gasteiger partial charge in [-0.15, -0.1) is 11.3 Å². The molecule has 6 rings (SSSR count). The van der Waals surface area contributed by atoms with E-state index in [0.717, 1.165) is 39.8 Å². The molecule has 0 radical (unpaired) electrons. The molecule has 2 unspecified atom stereocenters. The molecule has 7 heteroatoms. The number of hydrogen-bond donors (Lipinski definition) is 1. The Balaban J connectivity index is 1.65. The van der Waals surface area contributed by atoms with E-state index in [9.17, 15) is 0 Å². The topological polar surface area (TPSA) is 61.2 Å². The first-order chi connectivity index (χ1) is 14.8. The van der Waals surface area contributed by atoms with Gasteiger partial charge in [0.1, 0.15) is 23.9 Å². The van der Waals surface area contributed by atoms with Crippen molar-refractivity contribution in [2.24, 2.45) is 0 Å². The Hall–Kier alpha value is -3.58. The van der Waals surface area contributed by atoms with Gasteiger partial charge in [-0.3, -0.25) is 0 Å². The molecule has 0 fully saturated rings. The average Bonchev–Trinajstić information content (AvgIpc) is 3.49. The van der Waals surface area contributed by atoms with Crippen LogP contribution in [-0.2, 0) is 0 Å². The van der Waals surface area contributed by atoms with Crippen molar-refractivity contribution >= 4 is 23.0 Å². The smallest absolute Gasteiger partial charge is 0.226 e. The zero-order valence-electron chi connectivity index (χ0n) is 16.1. The van der Waals surface area contributed by atoms with Crippen LogP contribution in [0.1, 0.15) is 28.1 Å². The summed E-state index contributed by atoms with van der Waals surface area (Å²) >= 11 is 1.70. The molecule has 6 nitrogen and oxygen atoms in total. The lowest BCUT2D eigenvalue weighted by molar-refractivity contribution is 0.218. The van der Waals surface area contributed by atoms with Gasteiger partial charge in [-0.05, 0) is 29.6 Å². The van der Waals surface area contributed by atoms with Crippen LogP contribution in [0.2, 0.25) is 0 Å². The molecule has 0 saturated heterocycles. The normalized spacial score (nSPS) is 19.2. The lowest BCUT2D eigenvalue weighted by Crippen LogP contribution is -2.32. The Morgan fingerprint density at radius 2 is 1.93 bits per heavy atom. The lowest BCUT2D eigenvalue weighted by Gasteiger charge is -2.38. The maximum Gasteiger partial charge on any atom is 0.226 e. The maximum absolute atomic E-state index is 6.62. The molecule has 0 saturated carbocycles. The minimum Gasteiger partial charge on any atom is -0.496 e. The van der Waals surface area contributed by atoms with Gasteiger partial charge in [-0.1, -0.05) is 36.4 Å². The summed E-state index contributed by atoms with van der Waals surface area (Å²) in [7, 11) is 1.69. The summed E-state index contributed by atoms with van der Waals surface area (Å²) in [5.41, 5.74) is 4.12. The van der Waals surface area contributed by atoms with Gasteiger partial charge >= 0.3 is 0 Å². The highest BCUT2D eigenvalue weighted by atomic mass is 32.1. The minimum atomic E-state index is -0.331. The molecule has 0 spiro atoms. The first kappa shape index (κ1) is 17.3. The van der Waals surface area contributed by atoms with Crippen LogP contribution in [0.4, 0.5) is 5.95 Å². The van der Waals surface area contributed by atoms with E-state index >= 15 is 0 Å². The Bertz CT molecular complexity index is 1260. The van der Waals surface area contributed by atoms with Gasteiger partial charge in [0.2, 0.25) is 5.95 Å². The maximum atomic E-state index is 6.62. The molecule has 2 atom stereocenters. The molecule has 0 aliphatic carbocycles. The highest BCUT2D eigenvalue weighted by Crippen LogP contribution is 2.52. The summed E-state index contributed by atoms with van der Waals surface area (Å²) in [4.78, 5) is 5.64. The Labute approximate surface area is 177 Å². The quantitative estimate of drug-likeness (QED) is 0.516. The van der Waals surface area contributed by atoms with E-state index in [1.54, 1.807) is 24.8 Å². The van der Waals surface area contributed by atoms with Crippen LogP contribution in [0.5, 0.6) is 11.5 Å². The first-order valence-corrected chi connectivity index (χ1v) is 10.6. The minimum absolute atomic E-state index is 0.123. The van der Waals surface area contributed by atoms with Crippen molar-refractivity contribution in [1.29, 1.82) is 0 Å². The zero-order chi connectivity index (χ0) is 20.1. The lowest BCUT2D eigenvalue weighted by atomic mass is 9.86. The standard InChI is InChI=1S/C23H18N4O2S/c1-28-16-9-4-3-8-15(16)22-19-20(14-7-2-5-10-17(14)29-22)26-23-24-13-25-27(23)21(19)18-11-6-12-30-18/h2-13,21-22H,1H3,(H,24,25,26). The van der Waals surface area contributed by atoms with Crippen LogP contribution in [0.25, 0.3) is 5.70 Å².